The van der Waals surface area contributed by atoms with Crippen molar-refractivity contribution < 1.29 is 31.0 Å². The number of aliphatic hydroxyl groups excluding tert-OH is 3. The number of aliphatic hydroxyl groups is 3. The van der Waals surface area contributed by atoms with E-state index in [4.69, 9.17) is 0 Å². The number of quaternary nitrogens is 1. The molecule has 26 heavy (non-hydrogen) atoms. The first-order valence-corrected chi connectivity index (χ1v) is 9.81. The fraction of sp³-hybridized carbons (Fsp3) is 0.750. The second-order valence-corrected chi connectivity index (χ2v) is 6.78. The van der Waals surface area contributed by atoms with E-state index in [0.29, 0.717) is 0 Å². The van der Waals surface area contributed by atoms with Gasteiger partial charge in [-0.15, -0.1) is 0 Å². The van der Waals surface area contributed by atoms with E-state index in [1.165, 1.54) is 38.2 Å². The number of rotatable bonds is 16. The summed E-state index contributed by atoms with van der Waals surface area (Å²) < 4.78 is 0. The summed E-state index contributed by atoms with van der Waals surface area (Å²) in [6.45, 7) is 2.22. The molecule has 6 N–H and O–H groups in total. The van der Waals surface area contributed by atoms with Crippen LogP contribution in [0.2, 0.25) is 0 Å². The van der Waals surface area contributed by atoms with Gasteiger partial charge in [0.15, 0.2) is 6.04 Å². The molecule has 0 heterocycles. The van der Waals surface area contributed by atoms with Crippen molar-refractivity contribution in [1.82, 2.24) is 0 Å². The van der Waals surface area contributed by atoms with Gasteiger partial charge in [0.2, 0.25) is 0 Å². The standard InChI is InChI=1S/C20H37NO5/c1-2-3-4-5-6-7-8-9-10-11-12-13-14-15-16(22)18(23)19(24)17(21)20(25)26/h8-9,14-19,22-24H,2-7,10-13,21H2,1H3,(H,25,26)/b9-8+,15-14+/t16-,17-,18+,19+/m0/s1. The molecule has 0 saturated heterocycles. The van der Waals surface area contributed by atoms with Crippen molar-refractivity contribution in [3.63, 3.8) is 0 Å². The predicted octanol–water partition coefficient (Wildman–Crippen LogP) is 0.463. The Labute approximate surface area is 157 Å². The molecule has 6 nitrogen and oxygen atoms in total. The number of carboxylic acids is 1. The van der Waals surface area contributed by atoms with Gasteiger partial charge < -0.3 is 31.0 Å². The van der Waals surface area contributed by atoms with Crippen LogP contribution in [-0.4, -0.2) is 45.6 Å². The molecule has 0 rings (SSSR count). The maximum atomic E-state index is 10.6. The third-order valence-electron chi connectivity index (χ3n) is 4.38. The molecule has 0 fully saturated rings. The summed E-state index contributed by atoms with van der Waals surface area (Å²) in [6, 6.07) is -1.49. The summed E-state index contributed by atoms with van der Waals surface area (Å²) in [5.74, 6) is -1.57. The largest absolute Gasteiger partial charge is 0.544 e. The van der Waals surface area contributed by atoms with Crippen molar-refractivity contribution in [3.8, 4) is 0 Å². The van der Waals surface area contributed by atoms with Crippen molar-refractivity contribution >= 4 is 5.97 Å². The van der Waals surface area contributed by atoms with Gasteiger partial charge in [-0.2, -0.15) is 0 Å². The molecule has 4 atom stereocenters. The average molecular weight is 372 g/mol. The number of hydrogen-bond donors (Lipinski definition) is 4. The Kier molecular flexibility index (Phi) is 15.3. The molecular weight excluding hydrogens is 334 g/mol. The highest BCUT2D eigenvalue weighted by atomic mass is 16.4. The quantitative estimate of drug-likeness (QED) is 0.231. The molecule has 6 heteroatoms. The zero-order valence-corrected chi connectivity index (χ0v) is 16.1. The topological polar surface area (TPSA) is 128 Å². The minimum absolute atomic E-state index is 0.749. The van der Waals surface area contributed by atoms with Crippen LogP contribution in [0.3, 0.4) is 0 Å². The summed E-state index contributed by atoms with van der Waals surface area (Å²) >= 11 is 0. The molecule has 0 aromatic rings. The van der Waals surface area contributed by atoms with E-state index in [-0.39, 0.29) is 0 Å². The van der Waals surface area contributed by atoms with Crippen molar-refractivity contribution in [2.75, 3.05) is 0 Å². The van der Waals surface area contributed by atoms with Crippen molar-refractivity contribution in [2.45, 2.75) is 95.5 Å². The van der Waals surface area contributed by atoms with Gasteiger partial charge in [0, 0.05) is 0 Å². The molecule has 0 radical (unpaired) electrons. The molecule has 0 saturated carbocycles. The monoisotopic (exact) mass is 371 g/mol. The summed E-state index contributed by atoms with van der Waals surface area (Å²) in [5, 5.41) is 39.7. The van der Waals surface area contributed by atoms with Gasteiger partial charge in [0.25, 0.3) is 0 Å². The van der Waals surface area contributed by atoms with E-state index in [1.807, 2.05) is 0 Å². The van der Waals surface area contributed by atoms with Crippen molar-refractivity contribution in [1.29, 1.82) is 0 Å². The van der Waals surface area contributed by atoms with E-state index < -0.39 is 30.3 Å². The first-order valence-electron chi connectivity index (χ1n) is 9.81. The van der Waals surface area contributed by atoms with Gasteiger partial charge in [0.05, 0.1) is 0 Å². The number of allylic oxidation sites excluding steroid dienone is 3. The van der Waals surface area contributed by atoms with Gasteiger partial charge in [-0.25, -0.2) is 0 Å². The van der Waals surface area contributed by atoms with Gasteiger partial charge in [-0.1, -0.05) is 56.9 Å². The molecule has 0 aliphatic rings. The van der Waals surface area contributed by atoms with E-state index in [2.05, 4.69) is 24.8 Å². The highest BCUT2D eigenvalue weighted by molar-refractivity contribution is 5.70. The van der Waals surface area contributed by atoms with E-state index >= 15 is 0 Å². The molecule has 0 unspecified atom stereocenters. The molecule has 0 aromatic heterocycles. The first kappa shape index (κ1) is 24.8. The van der Waals surface area contributed by atoms with E-state index in [9.17, 15) is 25.2 Å². The number of carbonyl (C=O) groups excluding carboxylic acids is 1. The van der Waals surface area contributed by atoms with Crippen LogP contribution in [-0.2, 0) is 4.79 Å². The van der Waals surface area contributed by atoms with Crippen LogP contribution in [0.5, 0.6) is 0 Å². The van der Waals surface area contributed by atoms with Crippen LogP contribution >= 0.6 is 0 Å². The Morgan fingerprint density at radius 2 is 1.38 bits per heavy atom. The third kappa shape index (κ3) is 12.2. The minimum atomic E-state index is -1.67. The molecule has 152 valence electrons. The first-order chi connectivity index (χ1) is 12.4. The smallest absolute Gasteiger partial charge is 0.153 e. The highest BCUT2D eigenvalue weighted by Gasteiger charge is 2.31. The summed E-state index contributed by atoms with van der Waals surface area (Å²) in [4.78, 5) is 10.6. The lowest BCUT2D eigenvalue weighted by molar-refractivity contribution is -0.455. The van der Waals surface area contributed by atoms with E-state index in [1.54, 1.807) is 6.08 Å². The minimum Gasteiger partial charge on any atom is -0.544 e. The highest BCUT2D eigenvalue weighted by Crippen LogP contribution is 2.08. The zero-order chi connectivity index (χ0) is 19.8. The summed E-state index contributed by atoms with van der Waals surface area (Å²) in [5.41, 5.74) is 3.20. The second-order valence-electron chi connectivity index (χ2n) is 6.78. The molecular formula is C20H37NO5. The van der Waals surface area contributed by atoms with Gasteiger partial charge >= 0.3 is 0 Å². The molecule has 0 aliphatic heterocycles. The second kappa shape index (κ2) is 16.0. The fourth-order valence-corrected chi connectivity index (χ4v) is 2.55. The van der Waals surface area contributed by atoms with Crippen LogP contribution in [0.1, 0.15) is 71.1 Å². The zero-order valence-electron chi connectivity index (χ0n) is 16.1. The van der Waals surface area contributed by atoms with Crippen molar-refractivity contribution in [3.05, 3.63) is 24.3 Å². The molecule has 0 amide bonds. The third-order valence-corrected chi connectivity index (χ3v) is 4.38. The summed E-state index contributed by atoms with van der Waals surface area (Å²) in [6.07, 6.45) is 14.4. The Bertz CT molecular complexity index is 411. The lowest BCUT2D eigenvalue weighted by atomic mass is 10.0. The van der Waals surface area contributed by atoms with Gasteiger partial charge in [0.1, 0.15) is 24.3 Å². The fourth-order valence-electron chi connectivity index (χ4n) is 2.55. The van der Waals surface area contributed by atoms with Crippen LogP contribution in [0.25, 0.3) is 0 Å². The lowest BCUT2D eigenvalue weighted by Gasteiger charge is -2.24. The predicted molar refractivity (Wildman–Crippen MR) is 99.8 cm³/mol. The molecule has 0 aliphatic carbocycles. The van der Waals surface area contributed by atoms with E-state index in [0.717, 1.165) is 32.1 Å². The summed E-state index contributed by atoms with van der Waals surface area (Å²) in [7, 11) is 0. The number of unbranched alkanes of at least 4 members (excludes halogenated alkanes) is 8. The Balaban J connectivity index is 3.75. The Hall–Kier alpha value is -1.21. The number of aliphatic carboxylic acids is 1. The van der Waals surface area contributed by atoms with Gasteiger partial charge in [-0.05, 0) is 38.5 Å². The van der Waals surface area contributed by atoms with Crippen LogP contribution in [0, 0.1) is 0 Å². The molecule has 0 bridgehead atoms. The Morgan fingerprint density at radius 3 is 1.92 bits per heavy atom. The Morgan fingerprint density at radius 1 is 0.885 bits per heavy atom. The molecule has 0 aromatic carbocycles. The van der Waals surface area contributed by atoms with Crippen molar-refractivity contribution in [2.24, 2.45) is 0 Å². The number of hydrogen-bond acceptors (Lipinski definition) is 5. The average Bonchev–Trinajstić information content (AvgIpc) is 2.63. The SMILES string of the molecule is CCCCCCC/C=C/CCCC/C=C/[C@H](O)[C@@H](O)[C@H](O)[C@H]([NH3+])C(=O)[O-]. The lowest BCUT2D eigenvalue weighted by Crippen LogP contribution is -2.75. The number of carbonyl (C=O) groups is 1. The normalized spacial score (nSPS) is 16.8. The maximum Gasteiger partial charge on any atom is 0.153 e. The van der Waals surface area contributed by atoms with Crippen LogP contribution in [0.4, 0.5) is 0 Å². The van der Waals surface area contributed by atoms with Crippen LogP contribution < -0.4 is 10.8 Å². The van der Waals surface area contributed by atoms with Crippen LogP contribution in [0.15, 0.2) is 24.3 Å². The molecule has 0 spiro atoms. The maximum absolute atomic E-state index is 10.6. The number of carboxylic acid groups (broad SMARTS) is 1. The van der Waals surface area contributed by atoms with Gasteiger partial charge in [-0.3, -0.25) is 0 Å².